The third-order valence-corrected chi connectivity index (χ3v) is 3.04. The number of alkyl halides is 1. The summed E-state index contributed by atoms with van der Waals surface area (Å²) in [5.41, 5.74) is 5.08. The SMILES string of the molecule is Cc1cc(F)cc(C(F)(CN)C2CC2)c1. The molecule has 0 amide bonds. The smallest absolute Gasteiger partial charge is 0.151 e. The van der Waals surface area contributed by atoms with Crippen LogP contribution in [0.15, 0.2) is 18.2 Å². The molecular formula is C12H15F2N. The standard InChI is InChI=1S/C12H15F2N/c1-8-4-10(6-11(13)5-8)12(14,7-15)9-2-3-9/h4-6,9H,2-3,7,15H2,1H3. The second-order valence-electron chi connectivity index (χ2n) is 4.36. The Hall–Kier alpha value is -0.960. The Balaban J connectivity index is 2.41. The first-order valence-electron chi connectivity index (χ1n) is 5.23. The molecule has 3 heteroatoms. The monoisotopic (exact) mass is 211 g/mol. The molecule has 1 atom stereocenters. The Morgan fingerprint density at radius 1 is 1.40 bits per heavy atom. The van der Waals surface area contributed by atoms with E-state index in [9.17, 15) is 8.78 Å². The molecule has 1 aromatic carbocycles. The van der Waals surface area contributed by atoms with Crippen LogP contribution in [0.5, 0.6) is 0 Å². The zero-order valence-corrected chi connectivity index (χ0v) is 8.76. The minimum Gasteiger partial charge on any atom is -0.327 e. The molecule has 82 valence electrons. The molecule has 1 saturated carbocycles. The fourth-order valence-electron chi connectivity index (χ4n) is 2.04. The maximum Gasteiger partial charge on any atom is 0.151 e. The highest BCUT2D eigenvalue weighted by atomic mass is 19.1. The van der Waals surface area contributed by atoms with Gasteiger partial charge in [0.05, 0.1) is 0 Å². The third kappa shape index (κ3) is 1.88. The summed E-state index contributed by atoms with van der Waals surface area (Å²) >= 11 is 0. The molecule has 2 N–H and O–H groups in total. The van der Waals surface area contributed by atoms with E-state index in [1.54, 1.807) is 13.0 Å². The summed E-state index contributed by atoms with van der Waals surface area (Å²) in [7, 11) is 0. The van der Waals surface area contributed by atoms with E-state index in [1.165, 1.54) is 12.1 Å². The highest BCUT2D eigenvalue weighted by molar-refractivity contribution is 5.30. The van der Waals surface area contributed by atoms with Crippen LogP contribution in [0.4, 0.5) is 8.78 Å². The molecule has 0 aromatic heterocycles. The van der Waals surface area contributed by atoms with Gasteiger partial charge in [-0.2, -0.15) is 0 Å². The Morgan fingerprint density at radius 2 is 2.07 bits per heavy atom. The topological polar surface area (TPSA) is 26.0 Å². The minimum atomic E-state index is -1.53. The Bertz CT molecular complexity index is 354. The molecule has 2 rings (SSSR count). The molecule has 0 radical (unpaired) electrons. The van der Waals surface area contributed by atoms with Gasteiger partial charge in [0.25, 0.3) is 0 Å². The van der Waals surface area contributed by atoms with Crippen molar-refractivity contribution in [3.05, 3.63) is 35.1 Å². The van der Waals surface area contributed by atoms with Crippen molar-refractivity contribution in [1.29, 1.82) is 0 Å². The van der Waals surface area contributed by atoms with E-state index >= 15 is 0 Å². The van der Waals surface area contributed by atoms with Gasteiger partial charge in [-0.1, -0.05) is 6.07 Å². The Morgan fingerprint density at radius 3 is 2.53 bits per heavy atom. The van der Waals surface area contributed by atoms with Crippen LogP contribution in [-0.4, -0.2) is 6.54 Å². The predicted octanol–water partition coefficient (Wildman–Crippen LogP) is 2.67. The van der Waals surface area contributed by atoms with Crippen molar-refractivity contribution >= 4 is 0 Å². The van der Waals surface area contributed by atoms with Crippen LogP contribution in [0.2, 0.25) is 0 Å². The third-order valence-electron chi connectivity index (χ3n) is 3.04. The van der Waals surface area contributed by atoms with E-state index < -0.39 is 5.67 Å². The summed E-state index contributed by atoms with van der Waals surface area (Å²) in [6, 6.07) is 4.35. The van der Waals surface area contributed by atoms with Crippen LogP contribution < -0.4 is 5.73 Å². The van der Waals surface area contributed by atoms with Crippen LogP contribution in [0.3, 0.4) is 0 Å². The number of rotatable bonds is 3. The number of hydrogen-bond donors (Lipinski definition) is 1. The summed E-state index contributed by atoms with van der Waals surface area (Å²) in [4.78, 5) is 0. The van der Waals surface area contributed by atoms with E-state index in [0.717, 1.165) is 18.4 Å². The van der Waals surface area contributed by atoms with Crippen molar-refractivity contribution in [2.45, 2.75) is 25.4 Å². The average molecular weight is 211 g/mol. The maximum atomic E-state index is 14.5. The van der Waals surface area contributed by atoms with Gasteiger partial charge in [0.2, 0.25) is 0 Å². The number of hydrogen-bond acceptors (Lipinski definition) is 1. The lowest BCUT2D eigenvalue weighted by atomic mass is 9.90. The number of halogens is 2. The molecule has 1 aliphatic rings. The highest BCUT2D eigenvalue weighted by Crippen LogP contribution is 2.48. The molecule has 1 aliphatic carbocycles. The van der Waals surface area contributed by atoms with Gasteiger partial charge in [-0.15, -0.1) is 0 Å². The number of benzene rings is 1. The van der Waals surface area contributed by atoms with Gasteiger partial charge < -0.3 is 5.73 Å². The Labute approximate surface area is 88.3 Å². The quantitative estimate of drug-likeness (QED) is 0.817. The van der Waals surface area contributed by atoms with Crippen LogP contribution in [0.1, 0.15) is 24.0 Å². The second-order valence-corrected chi connectivity index (χ2v) is 4.36. The molecule has 1 unspecified atom stereocenters. The zero-order chi connectivity index (χ0) is 11.1. The van der Waals surface area contributed by atoms with E-state index in [0.29, 0.717) is 5.56 Å². The maximum absolute atomic E-state index is 14.5. The molecule has 1 nitrogen and oxygen atoms in total. The van der Waals surface area contributed by atoms with Crippen molar-refractivity contribution in [2.75, 3.05) is 6.54 Å². The van der Waals surface area contributed by atoms with Crippen molar-refractivity contribution in [3.8, 4) is 0 Å². The van der Waals surface area contributed by atoms with Crippen LogP contribution >= 0.6 is 0 Å². The normalized spacial score (nSPS) is 20.0. The van der Waals surface area contributed by atoms with Gasteiger partial charge in [-0.05, 0) is 48.9 Å². The van der Waals surface area contributed by atoms with Gasteiger partial charge in [-0.3, -0.25) is 0 Å². The molecule has 0 heterocycles. The molecule has 0 saturated heterocycles. The van der Waals surface area contributed by atoms with Gasteiger partial charge in [0.1, 0.15) is 5.82 Å². The van der Waals surface area contributed by atoms with Gasteiger partial charge in [0, 0.05) is 6.54 Å². The van der Waals surface area contributed by atoms with Crippen molar-refractivity contribution in [1.82, 2.24) is 0 Å². The summed E-state index contributed by atoms with van der Waals surface area (Å²) in [6.07, 6.45) is 1.70. The molecule has 15 heavy (non-hydrogen) atoms. The van der Waals surface area contributed by atoms with Crippen LogP contribution in [0.25, 0.3) is 0 Å². The molecule has 0 aliphatic heterocycles. The average Bonchev–Trinajstić information content (AvgIpc) is 2.98. The molecule has 1 fully saturated rings. The first-order valence-corrected chi connectivity index (χ1v) is 5.23. The van der Waals surface area contributed by atoms with Gasteiger partial charge >= 0.3 is 0 Å². The van der Waals surface area contributed by atoms with Gasteiger partial charge in [0.15, 0.2) is 5.67 Å². The largest absolute Gasteiger partial charge is 0.327 e. The fraction of sp³-hybridized carbons (Fsp3) is 0.500. The lowest BCUT2D eigenvalue weighted by molar-refractivity contribution is 0.142. The molecule has 0 spiro atoms. The molecular weight excluding hydrogens is 196 g/mol. The van der Waals surface area contributed by atoms with Crippen LogP contribution in [-0.2, 0) is 5.67 Å². The summed E-state index contributed by atoms with van der Waals surface area (Å²) < 4.78 is 27.7. The lowest BCUT2D eigenvalue weighted by Crippen LogP contribution is -2.32. The van der Waals surface area contributed by atoms with E-state index in [2.05, 4.69) is 0 Å². The first kappa shape index (κ1) is 10.6. The lowest BCUT2D eigenvalue weighted by Gasteiger charge is -2.24. The molecule has 1 aromatic rings. The Kier molecular flexibility index (Phi) is 2.51. The minimum absolute atomic E-state index is 0.0244. The first-order chi connectivity index (χ1) is 7.06. The zero-order valence-electron chi connectivity index (χ0n) is 8.76. The van der Waals surface area contributed by atoms with Crippen molar-refractivity contribution in [2.24, 2.45) is 11.7 Å². The van der Waals surface area contributed by atoms with Crippen molar-refractivity contribution < 1.29 is 8.78 Å². The number of aryl methyl sites for hydroxylation is 1. The van der Waals surface area contributed by atoms with E-state index in [-0.39, 0.29) is 18.3 Å². The van der Waals surface area contributed by atoms with Gasteiger partial charge in [-0.25, -0.2) is 8.78 Å². The number of nitrogens with two attached hydrogens (primary N) is 1. The van der Waals surface area contributed by atoms with Crippen LogP contribution in [0, 0.1) is 18.7 Å². The summed E-state index contributed by atoms with van der Waals surface area (Å²) in [5, 5.41) is 0. The second kappa shape index (κ2) is 3.56. The fourth-order valence-corrected chi connectivity index (χ4v) is 2.04. The van der Waals surface area contributed by atoms with E-state index in [4.69, 9.17) is 5.73 Å². The summed E-state index contributed by atoms with van der Waals surface area (Å²) in [6.45, 7) is 1.69. The van der Waals surface area contributed by atoms with E-state index in [1.807, 2.05) is 0 Å². The van der Waals surface area contributed by atoms with Crippen molar-refractivity contribution in [3.63, 3.8) is 0 Å². The molecule has 0 bridgehead atoms. The predicted molar refractivity (Wildman–Crippen MR) is 55.7 cm³/mol. The summed E-state index contributed by atoms with van der Waals surface area (Å²) in [5.74, 6) is -0.412. The highest BCUT2D eigenvalue weighted by Gasteiger charge is 2.46.